The van der Waals surface area contributed by atoms with Gasteiger partial charge in [0, 0.05) is 0 Å². The van der Waals surface area contributed by atoms with Gasteiger partial charge in [-0.25, -0.2) is 0 Å². The zero-order chi connectivity index (χ0) is 13.8. The summed E-state index contributed by atoms with van der Waals surface area (Å²) in [6, 6.07) is 0. The molecule has 2 unspecified atom stereocenters. The fraction of sp³-hybridized carbons (Fsp3) is 1.00. The fourth-order valence-corrected chi connectivity index (χ4v) is 2.20. The van der Waals surface area contributed by atoms with Crippen molar-refractivity contribution in [2.45, 2.75) is 48.4 Å². The van der Waals surface area contributed by atoms with Gasteiger partial charge in [-0.15, -0.1) is 69.6 Å². The summed E-state index contributed by atoms with van der Waals surface area (Å²) in [4.78, 5) is -1.25. The van der Waals surface area contributed by atoms with Gasteiger partial charge in [-0.2, -0.15) is 0 Å². The third-order valence-corrected chi connectivity index (χ3v) is 3.02. The van der Waals surface area contributed by atoms with Crippen LogP contribution in [0.15, 0.2) is 0 Å². The van der Waals surface area contributed by atoms with Crippen LogP contribution in [0.4, 0.5) is 0 Å². The first-order valence-corrected chi connectivity index (χ1v) is 8.08. The van der Waals surface area contributed by atoms with Crippen LogP contribution in [-0.4, -0.2) is 26.2 Å². The minimum atomic E-state index is -0.774. The van der Waals surface area contributed by atoms with Crippen molar-refractivity contribution in [3.05, 3.63) is 0 Å². The van der Waals surface area contributed by atoms with Crippen molar-refractivity contribution in [1.29, 1.82) is 0 Å². The monoisotopic (exact) mass is 364 g/mol. The van der Waals surface area contributed by atoms with E-state index in [1.165, 1.54) is 0 Å². The Balaban J connectivity index is 0. The summed E-state index contributed by atoms with van der Waals surface area (Å²) < 4.78 is 0. The minimum Gasteiger partial charge on any atom is -0.390 e. The molecule has 1 N–H and O–H groups in total. The average molecular weight is 367 g/mol. The molecule has 0 radical (unpaired) electrons. The maximum absolute atomic E-state index is 9.68. The summed E-state index contributed by atoms with van der Waals surface area (Å²) >= 11 is 32.1. The van der Waals surface area contributed by atoms with E-state index in [0.29, 0.717) is 6.42 Å². The zero-order valence-corrected chi connectivity index (χ0v) is 14.1. The smallest absolute Gasteiger partial charge is 0.133 e. The summed E-state index contributed by atoms with van der Waals surface area (Å²) in [7, 11) is 0. The Morgan fingerprint density at radius 1 is 1.06 bits per heavy atom. The molecule has 0 saturated carbocycles. The molecule has 0 aromatic rings. The molecule has 0 aliphatic carbocycles. The predicted molar refractivity (Wildman–Crippen MR) is 81.2 cm³/mol. The Hall–Kier alpha value is 1.70. The lowest BCUT2D eigenvalue weighted by molar-refractivity contribution is 0.110. The molecule has 106 valence electrons. The molecule has 1 nitrogen and oxygen atoms in total. The number of unbranched alkanes of at least 4 members (excludes halogenated alkanes) is 1. The topological polar surface area (TPSA) is 20.2 Å². The lowest BCUT2D eigenvalue weighted by Gasteiger charge is -2.23. The molecule has 0 aliphatic rings. The summed E-state index contributed by atoms with van der Waals surface area (Å²) in [6.07, 6.45) is 2.71. The fourth-order valence-electron chi connectivity index (χ4n) is 1.33. The van der Waals surface area contributed by atoms with Crippen LogP contribution in [0.3, 0.4) is 0 Å². The molecule has 0 spiro atoms. The number of alkyl halides is 6. The van der Waals surface area contributed by atoms with E-state index in [1.54, 1.807) is 0 Å². The van der Waals surface area contributed by atoms with Gasteiger partial charge in [-0.05, 0) is 18.8 Å². The molecule has 0 aliphatic heterocycles. The Labute approximate surface area is 134 Å². The highest BCUT2D eigenvalue weighted by molar-refractivity contribution is 6.45. The molecule has 7 heteroatoms. The van der Waals surface area contributed by atoms with E-state index in [4.69, 9.17) is 69.6 Å². The van der Waals surface area contributed by atoms with Gasteiger partial charge >= 0.3 is 0 Å². The highest BCUT2D eigenvalue weighted by Crippen LogP contribution is 2.27. The van der Waals surface area contributed by atoms with E-state index in [9.17, 15) is 5.11 Å². The van der Waals surface area contributed by atoms with Crippen LogP contribution in [0, 0.1) is 5.92 Å². The van der Waals surface area contributed by atoms with Gasteiger partial charge in [0.05, 0.1) is 11.4 Å². The maximum atomic E-state index is 9.68. The van der Waals surface area contributed by atoms with Crippen molar-refractivity contribution < 1.29 is 5.11 Å². The summed E-state index contributed by atoms with van der Waals surface area (Å²) in [5.41, 5.74) is 0. The molecule has 0 heterocycles. The lowest BCUT2D eigenvalue weighted by atomic mass is 9.94. The SMILES string of the molecule is CCCCC(CC(Cl)Cl)C(O)C(Cl)Cl.ClCCl. The third kappa shape index (κ3) is 13.9. The Bertz CT molecular complexity index is 156. The van der Waals surface area contributed by atoms with Crippen molar-refractivity contribution in [2.75, 3.05) is 5.34 Å². The van der Waals surface area contributed by atoms with Gasteiger partial charge in [0.2, 0.25) is 0 Å². The first-order chi connectivity index (χ1) is 7.90. The van der Waals surface area contributed by atoms with Crippen molar-refractivity contribution in [2.24, 2.45) is 5.92 Å². The highest BCUT2D eigenvalue weighted by atomic mass is 35.5. The van der Waals surface area contributed by atoms with E-state index in [-0.39, 0.29) is 11.3 Å². The standard InChI is InChI=1S/C9H16Cl4O.CH2Cl2/c1-2-3-4-6(5-7(10)11)8(14)9(12)13;2-1-3/h6-9,14H,2-5H2,1H3;1H2. The molecular weight excluding hydrogens is 349 g/mol. The molecule has 0 fully saturated rings. The van der Waals surface area contributed by atoms with Gasteiger partial charge in [-0.3, -0.25) is 0 Å². The summed E-state index contributed by atoms with van der Waals surface area (Å²) in [6.45, 7) is 2.08. The predicted octanol–water partition coefficient (Wildman–Crippen LogP) is 5.57. The van der Waals surface area contributed by atoms with Crippen LogP contribution >= 0.6 is 69.6 Å². The van der Waals surface area contributed by atoms with Crippen molar-refractivity contribution in [3.63, 3.8) is 0 Å². The minimum absolute atomic E-state index is 0.0186. The van der Waals surface area contributed by atoms with Gasteiger partial charge in [0.1, 0.15) is 9.67 Å². The van der Waals surface area contributed by atoms with Crippen LogP contribution in [0.5, 0.6) is 0 Å². The summed E-state index contributed by atoms with van der Waals surface area (Å²) in [5, 5.41) is 9.87. The van der Waals surface area contributed by atoms with Crippen LogP contribution in [0.25, 0.3) is 0 Å². The molecule has 0 saturated heterocycles. The molecule has 17 heavy (non-hydrogen) atoms. The molecule has 0 aromatic heterocycles. The van der Waals surface area contributed by atoms with E-state index < -0.39 is 15.8 Å². The number of hydrogen-bond acceptors (Lipinski definition) is 1. The number of aliphatic hydroxyl groups is 1. The number of rotatable bonds is 7. The lowest BCUT2D eigenvalue weighted by Crippen LogP contribution is -2.28. The normalized spacial score (nSPS) is 14.5. The van der Waals surface area contributed by atoms with E-state index in [0.717, 1.165) is 19.3 Å². The molecular formula is C10H18Cl6O. The second-order valence-corrected chi connectivity index (χ2v) is 6.70. The van der Waals surface area contributed by atoms with Crippen LogP contribution in [0.1, 0.15) is 32.6 Å². The van der Waals surface area contributed by atoms with Gasteiger partial charge in [0.15, 0.2) is 0 Å². The Kier molecular flexibility index (Phi) is 17.4. The third-order valence-electron chi connectivity index (χ3n) is 2.15. The first kappa shape index (κ1) is 21.0. The summed E-state index contributed by atoms with van der Waals surface area (Å²) in [5.74, 6) is -0.0186. The number of hydrogen-bond donors (Lipinski definition) is 1. The molecule has 0 aromatic carbocycles. The Morgan fingerprint density at radius 2 is 1.53 bits per heavy atom. The molecule has 0 rings (SSSR count). The van der Waals surface area contributed by atoms with Crippen LogP contribution in [0.2, 0.25) is 0 Å². The Morgan fingerprint density at radius 3 is 1.82 bits per heavy atom. The van der Waals surface area contributed by atoms with E-state index in [2.05, 4.69) is 6.92 Å². The first-order valence-electron chi connectivity index (χ1n) is 5.26. The molecule has 2 atom stereocenters. The van der Waals surface area contributed by atoms with Crippen LogP contribution in [-0.2, 0) is 0 Å². The molecule has 0 bridgehead atoms. The van der Waals surface area contributed by atoms with E-state index >= 15 is 0 Å². The molecule has 0 amide bonds. The average Bonchev–Trinajstić information content (AvgIpc) is 2.23. The largest absolute Gasteiger partial charge is 0.390 e. The maximum Gasteiger partial charge on any atom is 0.133 e. The van der Waals surface area contributed by atoms with Gasteiger partial charge in [0.25, 0.3) is 0 Å². The number of aliphatic hydroxyl groups excluding tert-OH is 1. The van der Waals surface area contributed by atoms with E-state index in [1.807, 2.05) is 0 Å². The number of halogens is 6. The van der Waals surface area contributed by atoms with Crippen LogP contribution < -0.4 is 0 Å². The van der Waals surface area contributed by atoms with Crippen molar-refractivity contribution in [1.82, 2.24) is 0 Å². The second-order valence-electron chi connectivity index (χ2n) is 3.46. The van der Waals surface area contributed by atoms with Gasteiger partial charge < -0.3 is 5.11 Å². The second kappa shape index (κ2) is 14.1. The van der Waals surface area contributed by atoms with Crippen molar-refractivity contribution >= 4 is 69.6 Å². The zero-order valence-electron chi connectivity index (χ0n) is 9.56. The quantitative estimate of drug-likeness (QED) is 0.584. The highest BCUT2D eigenvalue weighted by Gasteiger charge is 2.26. The van der Waals surface area contributed by atoms with Crippen molar-refractivity contribution in [3.8, 4) is 0 Å². The van der Waals surface area contributed by atoms with Gasteiger partial charge in [-0.1, -0.05) is 19.8 Å².